The van der Waals surface area contributed by atoms with Crippen molar-refractivity contribution in [1.29, 1.82) is 0 Å². The highest BCUT2D eigenvalue weighted by Gasteiger charge is 2.46. The highest BCUT2D eigenvalue weighted by Crippen LogP contribution is 2.56. The maximum Gasteiger partial charge on any atom is -0.0174 e. The quantitative estimate of drug-likeness (QED) is 0.538. The molecular weight excluding hydrogens is 144 g/mol. The first-order chi connectivity index (χ1) is 5.73. The van der Waals surface area contributed by atoms with E-state index in [0.717, 1.165) is 5.92 Å². The van der Waals surface area contributed by atoms with Crippen LogP contribution < -0.4 is 0 Å². The van der Waals surface area contributed by atoms with Crippen LogP contribution >= 0.6 is 0 Å². The van der Waals surface area contributed by atoms with Gasteiger partial charge in [0.1, 0.15) is 0 Å². The predicted octanol–water partition coefficient (Wildman–Crippen LogP) is 4.17. The van der Waals surface area contributed by atoms with Crippen molar-refractivity contribution in [3.05, 3.63) is 12.2 Å². The molecule has 1 rings (SSSR count). The van der Waals surface area contributed by atoms with Crippen molar-refractivity contribution in [3.63, 3.8) is 0 Å². The Hall–Kier alpha value is -0.260. The van der Waals surface area contributed by atoms with Crippen LogP contribution in [-0.4, -0.2) is 0 Å². The molecule has 2 unspecified atom stereocenters. The van der Waals surface area contributed by atoms with Crippen molar-refractivity contribution in [2.75, 3.05) is 0 Å². The third-order valence-electron chi connectivity index (χ3n) is 3.07. The molecule has 0 bridgehead atoms. The third kappa shape index (κ3) is 2.36. The molecule has 0 spiro atoms. The van der Waals surface area contributed by atoms with Crippen LogP contribution in [0.4, 0.5) is 0 Å². The van der Waals surface area contributed by atoms with Gasteiger partial charge in [0.15, 0.2) is 0 Å². The van der Waals surface area contributed by atoms with E-state index >= 15 is 0 Å². The minimum Gasteiger partial charge on any atom is -0.0882 e. The van der Waals surface area contributed by atoms with Crippen LogP contribution in [0.2, 0.25) is 0 Å². The zero-order valence-corrected chi connectivity index (χ0v) is 8.77. The van der Waals surface area contributed by atoms with Crippen molar-refractivity contribution in [1.82, 2.24) is 0 Å². The van der Waals surface area contributed by atoms with Gasteiger partial charge in [-0.05, 0) is 30.6 Å². The van der Waals surface area contributed by atoms with Gasteiger partial charge in [0.05, 0.1) is 0 Å². The molecule has 2 atom stereocenters. The molecule has 0 saturated heterocycles. The Morgan fingerprint density at radius 3 is 2.67 bits per heavy atom. The molecule has 1 saturated carbocycles. The van der Waals surface area contributed by atoms with Gasteiger partial charge in [0, 0.05) is 0 Å². The minimum absolute atomic E-state index is 0.680. The lowest BCUT2D eigenvalue weighted by molar-refractivity contribution is 0.482. The fraction of sp³-hybridized carbons (Fsp3) is 0.833. The molecule has 0 aromatic heterocycles. The first-order valence-corrected chi connectivity index (χ1v) is 5.39. The zero-order chi connectivity index (χ0) is 9.03. The number of hydrogen-bond acceptors (Lipinski definition) is 0. The summed E-state index contributed by atoms with van der Waals surface area (Å²) in [5.74, 6) is 0.906. The van der Waals surface area contributed by atoms with E-state index in [-0.39, 0.29) is 0 Å². The Bertz CT molecular complexity index is 157. The van der Waals surface area contributed by atoms with Crippen LogP contribution in [0.25, 0.3) is 0 Å². The Morgan fingerprint density at radius 1 is 1.33 bits per heavy atom. The van der Waals surface area contributed by atoms with Crippen molar-refractivity contribution < 1.29 is 0 Å². The summed E-state index contributed by atoms with van der Waals surface area (Å²) < 4.78 is 0. The van der Waals surface area contributed by atoms with Crippen LogP contribution in [0.1, 0.15) is 52.9 Å². The predicted molar refractivity (Wildman–Crippen MR) is 55.2 cm³/mol. The first-order valence-electron chi connectivity index (χ1n) is 5.39. The van der Waals surface area contributed by atoms with Crippen molar-refractivity contribution >= 4 is 0 Å². The maximum atomic E-state index is 2.44. The molecule has 0 heterocycles. The third-order valence-corrected chi connectivity index (χ3v) is 3.07. The summed E-state index contributed by atoms with van der Waals surface area (Å²) in [4.78, 5) is 0. The second-order valence-corrected chi connectivity index (χ2v) is 4.43. The van der Waals surface area contributed by atoms with Crippen molar-refractivity contribution in [2.24, 2.45) is 11.3 Å². The van der Waals surface area contributed by atoms with E-state index in [9.17, 15) is 0 Å². The molecular formula is C12H22. The summed E-state index contributed by atoms with van der Waals surface area (Å²) in [5, 5.41) is 0. The minimum atomic E-state index is 0.680. The van der Waals surface area contributed by atoms with Crippen LogP contribution in [0, 0.1) is 11.3 Å². The van der Waals surface area contributed by atoms with Gasteiger partial charge >= 0.3 is 0 Å². The fourth-order valence-corrected chi connectivity index (χ4v) is 2.03. The lowest BCUT2D eigenvalue weighted by atomic mass is 10.00. The normalized spacial score (nSPS) is 34.4. The van der Waals surface area contributed by atoms with Crippen LogP contribution in [0.3, 0.4) is 0 Å². The van der Waals surface area contributed by atoms with Crippen LogP contribution in [0.15, 0.2) is 12.2 Å². The summed E-state index contributed by atoms with van der Waals surface area (Å²) in [6.07, 6.45) is 11.5. The van der Waals surface area contributed by atoms with Gasteiger partial charge in [-0.15, -0.1) is 0 Å². The van der Waals surface area contributed by atoms with Gasteiger partial charge in [-0.25, -0.2) is 0 Å². The standard InChI is InChI=1S/C12H22/c1-4-6-7-8-11-10-12(11,3)9-5-2/h7-8,11H,4-6,9-10H2,1-3H3. The Kier molecular flexibility index (Phi) is 3.37. The Labute approximate surface area is 77.1 Å². The number of rotatable bonds is 5. The molecule has 0 nitrogen and oxygen atoms in total. The van der Waals surface area contributed by atoms with Gasteiger partial charge in [-0.3, -0.25) is 0 Å². The highest BCUT2D eigenvalue weighted by atomic mass is 14.5. The van der Waals surface area contributed by atoms with Gasteiger partial charge in [-0.2, -0.15) is 0 Å². The summed E-state index contributed by atoms with van der Waals surface area (Å²) in [7, 11) is 0. The molecule has 0 N–H and O–H groups in total. The lowest BCUT2D eigenvalue weighted by Crippen LogP contribution is -1.94. The summed E-state index contributed by atoms with van der Waals surface area (Å²) in [6, 6.07) is 0. The molecule has 0 heteroatoms. The van der Waals surface area contributed by atoms with E-state index in [1.54, 1.807) is 0 Å². The first kappa shape index (κ1) is 9.83. The Morgan fingerprint density at radius 2 is 2.08 bits per heavy atom. The second-order valence-electron chi connectivity index (χ2n) is 4.43. The lowest BCUT2D eigenvalue weighted by Gasteiger charge is -2.05. The van der Waals surface area contributed by atoms with E-state index < -0.39 is 0 Å². The topological polar surface area (TPSA) is 0 Å². The molecule has 12 heavy (non-hydrogen) atoms. The van der Waals surface area contributed by atoms with Crippen molar-refractivity contribution in [2.45, 2.75) is 52.9 Å². The summed E-state index contributed by atoms with van der Waals surface area (Å²) >= 11 is 0. The average molecular weight is 166 g/mol. The maximum absolute atomic E-state index is 2.44. The van der Waals surface area contributed by atoms with Crippen LogP contribution in [-0.2, 0) is 0 Å². The highest BCUT2D eigenvalue weighted by molar-refractivity contribution is 5.09. The SMILES string of the molecule is CCCC=CC1CC1(C)CCC. The molecule has 1 aliphatic carbocycles. The van der Waals surface area contributed by atoms with E-state index in [4.69, 9.17) is 0 Å². The van der Waals surface area contributed by atoms with Gasteiger partial charge in [0.25, 0.3) is 0 Å². The van der Waals surface area contributed by atoms with Crippen LogP contribution in [0.5, 0.6) is 0 Å². The smallest absolute Gasteiger partial charge is 0.0174 e. The molecule has 0 aromatic rings. The average Bonchev–Trinajstić information content (AvgIpc) is 2.63. The van der Waals surface area contributed by atoms with E-state index in [1.807, 2.05) is 0 Å². The summed E-state index contributed by atoms with van der Waals surface area (Å²) in [6.45, 7) is 6.95. The number of allylic oxidation sites excluding steroid dienone is 2. The van der Waals surface area contributed by atoms with E-state index in [1.165, 1.54) is 32.1 Å². The molecule has 70 valence electrons. The molecule has 0 aliphatic heterocycles. The van der Waals surface area contributed by atoms with E-state index in [0.29, 0.717) is 5.41 Å². The second kappa shape index (κ2) is 4.11. The van der Waals surface area contributed by atoms with Gasteiger partial charge in [-0.1, -0.05) is 45.8 Å². The van der Waals surface area contributed by atoms with E-state index in [2.05, 4.69) is 32.9 Å². The molecule has 1 fully saturated rings. The number of hydrogen-bond donors (Lipinski definition) is 0. The zero-order valence-electron chi connectivity index (χ0n) is 8.77. The monoisotopic (exact) mass is 166 g/mol. The summed E-state index contributed by atoms with van der Waals surface area (Å²) in [5.41, 5.74) is 0.680. The molecule has 0 amide bonds. The number of unbranched alkanes of at least 4 members (excludes halogenated alkanes) is 1. The Balaban J connectivity index is 2.22. The van der Waals surface area contributed by atoms with Gasteiger partial charge < -0.3 is 0 Å². The van der Waals surface area contributed by atoms with Crippen molar-refractivity contribution in [3.8, 4) is 0 Å². The molecule has 0 radical (unpaired) electrons. The molecule has 1 aliphatic rings. The largest absolute Gasteiger partial charge is 0.0882 e. The molecule has 0 aromatic carbocycles. The fourth-order valence-electron chi connectivity index (χ4n) is 2.03. The van der Waals surface area contributed by atoms with Gasteiger partial charge in [0.2, 0.25) is 0 Å².